The third-order valence-electron chi connectivity index (χ3n) is 0.567. The summed E-state index contributed by atoms with van der Waals surface area (Å²) in [5.41, 5.74) is 0. The fourth-order valence-electron chi connectivity index (χ4n) is 0. The summed E-state index contributed by atoms with van der Waals surface area (Å²) in [5, 5.41) is 0. The second-order valence-electron chi connectivity index (χ2n) is 1.91. The molecule has 0 rings (SSSR count). The van der Waals surface area contributed by atoms with Gasteiger partial charge in [-0.15, -0.1) is 0 Å². The van der Waals surface area contributed by atoms with Crippen LogP contribution in [0.3, 0.4) is 0 Å². The first kappa shape index (κ1) is 14.4. The van der Waals surface area contributed by atoms with E-state index in [4.69, 9.17) is 13.0 Å². The Morgan fingerprint density at radius 1 is 1.25 bits per heavy atom. The summed E-state index contributed by atoms with van der Waals surface area (Å²) in [7, 11) is -7.22. The van der Waals surface area contributed by atoms with E-state index >= 15 is 0 Å². The maximum atomic E-state index is 11.2. The molecule has 3 nitrogen and oxygen atoms in total. The summed E-state index contributed by atoms with van der Waals surface area (Å²) < 4.78 is 67.8. The Balaban J connectivity index is 0. The predicted octanol–water partition coefficient (Wildman–Crippen LogP) is 1.60. The highest BCUT2D eigenvalue weighted by molar-refractivity contribution is 7.80. The fourth-order valence-corrected chi connectivity index (χ4v) is 0. The smallest absolute Gasteiger partial charge is 0.260 e. The van der Waals surface area contributed by atoms with Crippen molar-refractivity contribution in [2.45, 2.75) is 18.9 Å². The zero-order valence-corrected chi connectivity index (χ0v) is 8.00. The van der Waals surface area contributed by atoms with Gasteiger partial charge in [0, 0.05) is 0 Å². The van der Waals surface area contributed by atoms with Crippen LogP contribution in [0.2, 0.25) is 13.1 Å². The summed E-state index contributed by atoms with van der Waals surface area (Å²) >= 11 is 0. The summed E-state index contributed by atoms with van der Waals surface area (Å²) in [5.74, 6) is -3.90. The van der Waals surface area contributed by atoms with Crippen molar-refractivity contribution in [2.75, 3.05) is 0 Å². The molecule has 1 N–H and O–H groups in total. The van der Waals surface area contributed by atoms with Crippen LogP contribution in [0, 0.1) is 0 Å². The van der Waals surface area contributed by atoms with Crippen molar-refractivity contribution in [1.82, 2.24) is 0 Å². The summed E-state index contributed by atoms with van der Waals surface area (Å²) in [6, 6.07) is 0. The zero-order valence-electron chi connectivity index (χ0n) is 6.18. The standard InChI is InChI=1S/C3H6F3Si.FHO3S/c1-7(2)3(4,5)6;1-5(2,3)4/h1-2H3;(H,2,3,4). The molecular weight excluding hydrogens is 220 g/mol. The van der Waals surface area contributed by atoms with Crippen molar-refractivity contribution in [1.29, 1.82) is 0 Å². The first-order valence-electron chi connectivity index (χ1n) is 2.49. The molecule has 0 saturated heterocycles. The maximum absolute atomic E-state index is 11.2. The largest absolute Gasteiger partial charge is 0.435 e. The SMILES string of the molecule is C[Si](C)C(F)(F)F.O=S(=O)(O)F. The highest BCUT2D eigenvalue weighted by Crippen LogP contribution is 2.17. The van der Waals surface area contributed by atoms with Crippen molar-refractivity contribution < 1.29 is 30.0 Å². The molecule has 75 valence electrons. The van der Waals surface area contributed by atoms with Gasteiger partial charge in [-0.25, -0.2) is 0 Å². The molecule has 0 fully saturated rings. The molecule has 9 heteroatoms. The quantitative estimate of drug-likeness (QED) is 0.296. The van der Waals surface area contributed by atoms with Crippen LogP contribution in [0.1, 0.15) is 0 Å². The van der Waals surface area contributed by atoms with Crippen LogP contribution in [0.15, 0.2) is 0 Å². The molecule has 0 heterocycles. The lowest BCUT2D eigenvalue weighted by Gasteiger charge is -2.05. The maximum Gasteiger partial charge on any atom is 0.435 e. The van der Waals surface area contributed by atoms with E-state index in [-0.39, 0.29) is 0 Å². The average Bonchev–Trinajstić information content (AvgIpc) is 1.55. The van der Waals surface area contributed by atoms with Gasteiger partial charge in [0.15, 0.2) is 8.80 Å². The van der Waals surface area contributed by atoms with E-state index in [0.717, 1.165) is 0 Å². The van der Waals surface area contributed by atoms with E-state index in [9.17, 15) is 17.1 Å². The molecule has 0 bridgehead atoms. The fraction of sp³-hybridized carbons (Fsp3) is 1.00. The molecule has 12 heavy (non-hydrogen) atoms. The molecule has 1 radical (unpaired) electrons. The Hall–Kier alpha value is -0.153. The molecule has 0 amide bonds. The Bertz CT molecular complexity index is 200. The number of hydrogen-bond acceptors (Lipinski definition) is 2. The Morgan fingerprint density at radius 3 is 1.33 bits per heavy atom. The predicted molar refractivity (Wildman–Crippen MR) is 36.2 cm³/mol. The van der Waals surface area contributed by atoms with E-state index in [1.54, 1.807) is 0 Å². The minimum atomic E-state index is -5.17. The lowest BCUT2D eigenvalue weighted by atomic mass is 11.5. The third-order valence-corrected chi connectivity index (χ3v) is 1.70. The van der Waals surface area contributed by atoms with E-state index in [1.807, 2.05) is 0 Å². The van der Waals surface area contributed by atoms with Crippen molar-refractivity contribution in [3.05, 3.63) is 0 Å². The van der Waals surface area contributed by atoms with Gasteiger partial charge in [0.1, 0.15) is 0 Å². The Labute approximate surface area is 69.0 Å². The lowest BCUT2D eigenvalue weighted by Crippen LogP contribution is -2.26. The molecule has 0 spiro atoms. The average molecular weight is 227 g/mol. The number of halogens is 4. The van der Waals surface area contributed by atoms with Crippen LogP contribution in [0.4, 0.5) is 17.1 Å². The normalized spacial score (nSPS) is 12.3. The summed E-state index contributed by atoms with van der Waals surface area (Å²) in [6.45, 7) is 2.45. The van der Waals surface area contributed by atoms with E-state index in [1.165, 1.54) is 13.1 Å². The second-order valence-corrected chi connectivity index (χ2v) is 5.30. The molecule has 0 aliphatic carbocycles. The Morgan fingerprint density at radius 2 is 1.33 bits per heavy atom. The first-order chi connectivity index (χ1) is 4.94. The zero-order chi connectivity index (χ0) is 10.6. The van der Waals surface area contributed by atoms with Gasteiger partial charge in [0.2, 0.25) is 0 Å². The summed E-state index contributed by atoms with van der Waals surface area (Å²) in [4.78, 5) is 0. The molecule has 0 aromatic rings. The van der Waals surface area contributed by atoms with Gasteiger partial charge in [-0.1, -0.05) is 17.0 Å². The molecule has 0 aliphatic heterocycles. The van der Waals surface area contributed by atoms with Crippen molar-refractivity contribution in [2.24, 2.45) is 0 Å². The van der Waals surface area contributed by atoms with Crippen LogP contribution >= 0.6 is 0 Å². The van der Waals surface area contributed by atoms with E-state index in [2.05, 4.69) is 0 Å². The van der Waals surface area contributed by atoms with Crippen LogP contribution in [-0.4, -0.2) is 27.6 Å². The van der Waals surface area contributed by atoms with Crippen LogP contribution in [0.5, 0.6) is 0 Å². The van der Waals surface area contributed by atoms with Gasteiger partial charge in [-0.2, -0.15) is 21.6 Å². The van der Waals surface area contributed by atoms with E-state index in [0.29, 0.717) is 0 Å². The van der Waals surface area contributed by atoms with Crippen LogP contribution in [-0.2, 0) is 10.5 Å². The molecular formula is C3H7F4O3SSi. The van der Waals surface area contributed by atoms with Gasteiger partial charge < -0.3 is 0 Å². The molecule has 0 aromatic carbocycles. The monoisotopic (exact) mass is 227 g/mol. The van der Waals surface area contributed by atoms with Gasteiger partial charge >= 0.3 is 16.3 Å². The first-order valence-corrected chi connectivity index (χ1v) is 6.33. The minimum Gasteiger partial charge on any atom is -0.260 e. The minimum absolute atomic E-state index is 1.23. The van der Waals surface area contributed by atoms with Crippen molar-refractivity contribution in [3.8, 4) is 0 Å². The topological polar surface area (TPSA) is 54.4 Å². The number of alkyl halides is 3. The third kappa shape index (κ3) is 22.5. The Kier molecular flexibility index (Phi) is 5.72. The van der Waals surface area contributed by atoms with Gasteiger partial charge in [-0.3, -0.25) is 4.55 Å². The summed E-state index contributed by atoms with van der Waals surface area (Å²) in [6.07, 6.45) is 0. The van der Waals surface area contributed by atoms with Crippen LogP contribution in [0.25, 0.3) is 0 Å². The molecule has 0 atom stereocenters. The van der Waals surface area contributed by atoms with Crippen molar-refractivity contribution >= 4 is 19.3 Å². The molecule has 0 aromatic heterocycles. The van der Waals surface area contributed by atoms with Crippen molar-refractivity contribution in [3.63, 3.8) is 0 Å². The second kappa shape index (κ2) is 4.77. The van der Waals surface area contributed by atoms with Crippen LogP contribution < -0.4 is 0 Å². The molecule has 0 unspecified atom stereocenters. The highest BCUT2D eigenvalue weighted by Gasteiger charge is 2.33. The molecule has 0 saturated carbocycles. The highest BCUT2D eigenvalue weighted by atomic mass is 32.3. The van der Waals surface area contributed by atoms with E-state index < -0.39 is 25.1 Å². The van der Waals surface area contributed by atoms with Gasteiger partial charge in [0.05, 0.1) is 0 Å². The molecule has 0 aliphatic rings. The number of rotatable bonds is 0. The lowest BCUT2D eigenvalue weighted by molar-refractivity contribution is -0.0505. The van der Waals surface area contributed by atoms with Gasteiger partial charge in [-0.05, 0) is 0 Å². The van der Waals surface area contributed by atoms with Gasteiger partial charge in [0.25, 0.3) is 0 Å². The number of hydrogen-bond donors (Lipinski definition) is 1.